The van der Waals surface area contributed by atoms with Crippen LogP contribution >= 0.6 is 0 Å². The Morgan fingerprint density at radius 1 is 1.00 bits per heavy atom. The summed E-state index contributed by atoms with van der Waals surface area (Å²) in [5.41, 5.74) is 2.09. The fraction of sp³-hybridized carbons (Fsp3) is 0.211. The van der Waals surface area contributed by atoms with Crippen LogP contribution in [0.2, 0.25) is 0 Å². The van der Waals surface area contributed by atoms with Crippen molar-refractivity contribution in [1.82, 2.24) is 4.90 Å². The minimum atomic E-state index is -0.613. The van der Waals surface area contributed by atoms with Gasteiger partial charge in [-0.25, -0.2) is 0 Å². The smallest absolute Gasteiger partial charge is 0.228 e. The molecule has 1 aliphatic heterocycles. The molecule has 4 nitrogen and oxygen atoms in total. The molecule has 2 aromatic rings. The first-order valence-electron chi connectivity index (χ1n) is 7.66. The topological polar surface area (TPSA) is 46.6 Å². The van der Waals surface area contributed by atoms with Crippen LogP contribution in [0.3, 0.4) is 0 Å². The molecule has 0 radical (unpaired) electrons. The molecule has 2 amide bonds. The van der Waals surface area contributed by atoms with E-state index in [1.165, 1.54) is 6.73 Å². The standard InChI is InChI=1S/C19H18NO3/c21-18(12-11-15-7-3-1-4-8-15)20-14-23-17(19(20)22)13-16-9-5-2-6-10-16/h1-10,14,17H,11-13H2/q-1/t17-/m1/s1. The maximum atomic E-state index is 12.3. The molecule has 3 rings (SSSR count). The summed E-state index contributed by atoms with van der Waals surface area (Å²) in [5.74, 6) is -0.513. The molecule has 1 heterocycles. The highest BCUT2D eigenvalue weighted by Gasteiger charge is 2.28. The van der Waals surface area contributed by atoms with Crippen molar-refractivity contribution in [1.29, 1.82) is 0 Å². The Hall–Kier alpha value is -2.46. The van der Waals surface area contributed by atoms with E-state index in [9.17, 15) is 9.59 Å². The Morgan fingerprint density at radius 3 is 2.26 bits per heavy atom. The minimum Gasteiger partial charge on any atom is -0.521 e. The lowest BCUT2D eigenvalue weighted by molar-refractivity contribution is -0.141. The highest BCUT2D eigenvalue weighted by molar-refractivity contribution is 5.99. The maximum Gasteiger partial charge on any atom is 0.228 e. The van der Waals surface area contributed by atoms with E-state index in [1.54, 1.807) is 0 Å². The van der Waals surface area contributed by atoms with Gasteiger partial charge in [0.05, 0.1) is 0 Å². The summed E-state index contributed by atoms with van der Waals surface area (Å²) in [7, 11) is 0. The Morgan fingerprint density at radius 2 is 1.61 bits per heavy atom. The van der Waals surface area contributed by atoms with E-state index < -0.39 is 6.10 Å². The fourth-order valence-electron chi connectivity index (χ4n) is 2.56. The van der Waals surface area contributed by atoms with Gasteiger partial charge in [-0.3, -0.25) is 9.59 Å². The third-order valence-corrected chi connectivity index (χ3v) is 3.85. The van der Waals surface area contributed by atoms with Gasteiger partial charge in [-0.2, -0.15) is 0 Å². The van der Waals surface area contributed by atoms with Crippen molar-refractivity contribution in [2.75, 3.05) is 0 Å². The number of rotatable bonds is 5. The zero-order chi connectivity index (χ0) is 16.1. The van der Waals surface area contributed by atoms with E-state index in [0.717, 1.165) is 16.0 Å². The molecule has 1 aliphatic rings. The second-order valence-corrected chi connectivity index (χ2v) is 5.51. The summed E-state index contributed by atoms with van der Waals surface area (Å²) in [6.45, 7) is 1.25. The van der Waals surface area contributed by atoms with Crippen LogP contribution in [0, 0.1) is 6.73 Å². The lowest BCUT2D eigenvalue weighted by Gasteiger charge is -2.21. The van der Waals surface area contributed by atoms with Gasteiger partial charge in [0.25, 0.3) is 0 Å². The van der Waals surface area contributed by atoms with Crippen molar-refractivity contribution >= 4 is 11.8 Å². The number of carbonyl (C=O) groups excluding carboxylic acids is 2. The maximum absolute atomic E-state index is 12.3. The average Bonchev–Trinajstić information content (AvgIpc) is 2.95. The Balaban J connectivity index is 1.55. The lowest BCUT2D eigenvalue weighted by Crippen LogP contribution is -2.34. The van der Waals surface area contributed by atoms with Gasteiger partial charge in [-0.1, -0.05) is 60.7 Å². The molecule has 0 N–H and O–H groups in total. The van der Waals surface area contributed by atoms with E-state index in [2.05, 4.69) is 0 Å². The zero-order valence-electron chi connectivity index (χ0n) is 12.7. The van der Waals surface area contributed by atoms with Crippen molar-refractivity contribution in [2.45, 2.75) is 25.4 Å². The van der Waals surface area contributed by atoms with E-state index in [1.807, 2.05) is 60.7 Å². The van der Waals surface area contributed by atoms with Crippen LogP contribution in [-0.4, -0.2) is 22.8 Å². The first-order chi connectivity index (χ1) is 11.2. The van der Waals surface area contributed by atoms with E-state index in [0.29, 0.717) is 12.8 Å². The summed E-state index contributed by atoms with van der Waals surface area (Å²) in [4.78, 5) is 25.6. The molecular formula is C19H18NO3-. The van der Waals surface area contributed by atoms with Gasteiger partial charge in [0.15, 0.2) is 0 Å². The van der Waals surface area contributed by atoms with E-state index in [4.69, 9.17) is 4.74 Å². The number of hydrogen-bond donors (Lipinski definition) is 0. The molecule has 0 bridgehead atoms. The van der Waals surface area contributed by atoms with Crippen LogP contribution in [0.15, 0.2) is 60.7 Å². The van der Waals surface area contributed by atoms with Crippen molar-refractivity contribution in [3.63, 3.8) is 0 Å². The lowest BCUT2D eigenvalue weighted by atomic mass is 10.1. The predicted octanol–water partition coefficient (Wildman–Crippen LogP) is 2.74. The molecule has 4 heteroatoms. The minimum absolute atomic E-state index is 0.227. The van der Waals surface area contributed by atoms with Gasteiger partial charge < -0.3 is 9.64 Å². The van der Waals surface area contributed by atoms with Gasteiger partial charge in [0.2, 0.25) is 11.8 Å². The second kappa shape index (κ2) is 7.20. The fourth-order valence-corrected chi connectivity index (χ4v) is 2.56. The first kappa shape index (κ1) is 15.4. The summed E-state index contributed by atoms with van der Waals surface area (Å²) in [6, 6.07) is 19.4. The van der Waals surface area contributed by atoms with Crippen LogP contribution < -0.4 is 0 Å². The molecule has 2 aromatic carbocycles. The molecule has 23 heavy (non-hydrogen) atoms. The number of carbonyl (C=O) groups is 2. The van der Waals surface area contributed by atoms with Gasteiger partial charge in [0.1, 0.15) is 6.10 Å². The number of nitrogens with zero attached hydrogens (tertiary/aromatic N) is 1. The summed E-state index contributed by atoms with van der Waals surface area (Å²) in [6.07, 6.45) is 0.755. The number of aryl methyl sites for hydroxylation is 1. The van der Waals surface area contributed by atoms with Gasteiger partial charge in [0, 0.05) is 12.8 Å². The van der Waals surface area contributed by atoms with Crippen molar-refractivity contribution in [2.24, 2.45) is 0 Å². The molecule has 1 saturated heterocycles. The SMILES string of the molecule is O=C(CCc1ccccc1)N1[CH-]O[C@H](Cc2ccccc2)C1=O. The first-order valence-corrected chi connectivity index (χ1v) is 7.66. The monoisotopic (exact) mass is 308 g/mol. The molecule has 0 aliphatic carbocycles. The summed E-state index contributed by atoms with van der Waals surface area (Å²) >= 11 is 0. The van der Waals surface area contributed by atoms with E-state index in [-0.39, 0.29) is 18.2 Å². The van der Waals surface area contributed by atoms with Crippen molar-refractivity contribution in [3.05, 3.63) is 78.5 Å². The quantitative estimate of drug-likeness (QED) is 0.798. The molecule has 118 valence electrons. The van der Waals surface area contributed by atoms with Crippen LogP contribution in [0.1, 0.15) is 17.5 Å². The third-order valence-electron chi connectivity index (χ3n) is 3.85. The molecule has 1 fully saturated rings. The third kappa shape index (κ3) is 3.85. The molecule has 0 saturated carbocycles. The number of hydrogen-bond acceptors (Lipinski definition) is 3. The van der Waals surface area contributed by atoms with Crippen molar-refractivity contribution < 1.29 is 14.3 Å². The Bertz CT molecular complexity index is 670. The Kier molecular flexibility index (Phi) is 4.83. The molecule has 0 aromatic heterocycles. The second-order valence-electron chi connectivity index (χ2n) is 5.51. The number of ether oxygens (including phenoxy) is 1. The van der Waals surface area contributed by atoms with Crippen LogP contribution in [0.25, 0.3) is 0 Å². The molecule has 0 unspecified atom stereocenters. The summed E-state index contributed by atoms with van der Waals surface area (Å²) in [5, 5.41) is 0. The Labute approximate surface area is 135 Å². The van der Waals surface area contributed by atoms with E-state index >= 15 is 0 Å². The van der Waals surface area contributed by atoms with Crippen LogP contribution in [0.4, 0.5) is 0 Å². The molecule has 0 spiro atoms. The average molecular weight is 308 g/mol. The zero-order valence-corrected chi connectivity index (χ0v) is 12.7. The van der Waals surface area contributed by atoms with Crippen LogP contribution in [-0.2, 0) is 27.2 Å². The number of amides is 2. The van der Waals surface area contributed by atoms with Crippen LogP contribution in [0.5, 0.6) is 0 Å². The van der Waals surface area contributed by atoms with Gasteiger partial charge >= 0.3 is 0 Å². The highest BCUT2D eigenvalue weighted by atomic mass is 16.5. The van der Waals surface area contributed by atoms with Gasteiger partial charge in [-0.05, 0) is 17.5 Å². The normalized spacial score (nSPS) is 17.5. The largest absolute Gasteiger partial charge is 0.521 e. The number of benzene rings is 2. The molecule has 1 atom stereocenters. The van der Waals surface area contributed by atoms with Crippen molar-refractivity contribution in [3.8, 4) is 0 Å². The summed E-state index contributed by atoms with van der Waals surface area (Å²) < 4.78 is 5.39. The number of imide groups is 1. The highest BCUT2D eigenvalue weighted by Crippen LogP contribution is 2.19. The van der Waals surface area contributed by atoms with Gasteiger partial charge in [-0.15, -0.1) is 6.73 Å². The predicted molar refractivity (Wildman–Crippen MR) is 85.9 cm³/mol. The molecular weight excluding hydrogens is 290 g/mol.